The minimum atomic E-state index is -3.34. The number of nitrogens with zero attached hydrogens (tertiary/aromatic N) is 2. The van der Waals surface area contributed by atoms with Gasteiger partial charge in [0.1, 0.15) is 5.65 Å². The van der Waals surface area contributed by atoms with Gasteiger partial charge in [-0.1, -0.05) is 15.9 Å². The number of hydrogen-bond acceptors (Lipinski definition) is 5. The summed E-state index contributed by atoms with van der Waals surface area (Å²) >= 11 is 7.42. The number of rotatable bonds is 3. The van der Waals surface area contributed by atoms with E-state index in [2.05, 4.69) is 33.5 Å². The Labute approximate surface area is 183 Å². The Bertz CT molecular complexity index is 1120. The normalized spacial score (nSPS) is 16.0. The van der Waals surface area contributed by atoms with E-state index in [9.17, 15) is 13.2 Å². The van der Waals surface area contributed by atoms with Crippen LogP contribution in [-0.2, 0) is 21.2 Å². The third-order valence-electron chi connectivity index (χ3n) is 4.79. The molecule has 29 heavy (non-hydrogen) atoms. The fraction of sp³-hybridized carbons (Fsp3) is 0.300. The van der Waals surface area contributed by atoms with Crippen molar-refractivity contribution >= 4 is 55.4 Å². The number of carboxylic acids is 1. The van der Waals surface area contributed by atoms with Gasteiger partial charge in [0.15, 0.2) is 9.84 Å². The zero-order valence-electron chi connectivity index (χ0n) is 15.7. The second-order valence-electron chi connectivity index (χ2n) is 6.95. The highest BCUT2D eigenvalue weighted by Crippen LogP contribution is 2.36. The molecule has 1 aliphatic rings. The molecule has 2 aromatic heterocycles. The van der Waals surface area contributed by atoms with Crippen molar-refractivity contribution in [3.05, 3.63) is 52.8 Å². The molecule has 3 heterocycles. The van der Waals surface area contributed by atoms with Crippen LogP contribution in [-0.4, -0.2) is 35.3 Å². The van der Waals surface area contributed by atoms with E-state index in [1.807, 2.05) is 28.8 Å². The maximum Gasteiger partial charge on any atom is 0.304 e. The highest BCUT2D eigenvalue weighted by atomic mass is 79.9. The molecule has 0 amide bonds. The number of aryl methyl sites for hydroxylation is 1. The highest BCUT2D eigenvalue weighted by Gasteiger charge is 2.27. The fourth-order valence-electron chi connectivity index (χ4n) is 3.54. The molecule has 1 N–H and O–H groups in total. The third-order valence-corrected chi connectivity index (χ3v) is 6.77. The molecule has 9 heteroatoms. The van der Waals surface area contributed by atoms with Crippen molar-refractivity contribution in [2.24, 2.45) is 0 Å². The molecule has 1 aliphatic heterocycles. The molecule has 0 saturated heterocycles. The lowest BCUT2D eigenvalue weighted by atomic mass is 9.93. The first-order valence-electron chi connectivity index (χ1n) is 9.01. The van der Waals surface area contributed by atoms with Gasteiger partial charge in [-0.15, -0.1) is 12.6 Å². The first-order chi connectivity index (χ1) is 13.7. The molecule has 3 aromatic rings. The van der Waals surface area contributed by atoms with Crippen LogP contribution in [0.25, 0.3) is 11.0 Å². The van der Waals surface area contributed by atoms with E-state index in [0.29, 0.717) is 11.0 Å². The van der Waals surface area contributed by atoms with Crippen LogP contribution < -0.4 is 0 Å². The van der Waals surface area contributed by atoms with E-state index in [1.54, 1.807) is 6.07 Å². The van der Waals surface area contributed by atoms with Gasteiger partial charge in [0.05, 0.1) is 11.3 Å². The summed E-state index contributed by atoms with van der Waals surface area (Å²) in [6, 6.07) is 11.1. The van der Waals surface area contributed by atoms with Gasteiger partial charge in [-0.2, -0.15) is 0 Å². The number of aliphatic carboxylic acids is 1. The summed E-state index contributed by atoms with van der Waals surface area (Å²) in [5, 5.41) is 9.62. The van der Waals surface area contributed by atoms with Crippen molar-refractivity contribution in [1.29, 1.82) is 0 Å². The van der Waals surface area contributed by atoms with Crippen LogP contribution in [0.1, 0.15) is 30.9 Å². The van der Waals surface area contributed by atoms with Crippen molar-refractivity contribution in [3.8, 4) is 0 Å². The molecule has 0 fully saturated rings. The second-order valence-corrected chi connectivity index (χ2v) is 10.4. The molecule has 0 spiro atoms. The average molecular weight is 497 g/mol. The van der Waals surface area contributed by atoms with E-state index in [0.717, 1.165) is 34.4 Å². The van der Waals surface area contributed by atoms with Crippen molar-refractivity contribution in [3.63, 3.8) is 0 Å². The maximum atomic E-state index is 11.9. The van der Waals surface area contributed by atoms with E-state index >= 15 is 0 Å². The first-order valence-corrected chi connectivity index (χ1v) is 12.1. The standard InChI is InChI=1S/C14H16N2O4S.C6H5BrS/c1-21(19,20)12-4-5-15-14-10(12)8-11-9(7-13(17)18)3-2-6-16(11)14;7-5-1-3-6(8)4-2-5/h4-5,8-9H,2-3,6-7H2,1H3,(H,17,18);1-4,8H. The summed E-state index contributed by atoms with van der Waals surface area (Å²) < 4.78 is 26.8. The molecule has 0 saturated carbocycles. The van der Waals surface area contributed by atoms with Gasteiger partial charge < -0.3 is 9.67 Å². The molecule has 1 aromatic carbocycles. The Morgan fingerprint density at radius 2 is 2.00 bits per heavy atom. The smallest absolute Gasteiger partial charge is 0.304 e. The molecule has 0 bridgehead atoms. The van der Waals surface area contributed by atoms with Gasteiger partial charge in [-0.05, 0) is 49.2 Å². The van der Waals surface area contributed by atoms with Gasteiger partial charge in [-0.3, -0.25) is 4.79 Å². The average Bonchev–Trinajstić information content (AvgIpc) is 3.03. The van der Waals surface area contributed by atoms with Crippen LogP contribution in [0.2, 0.25) is 0 Å². The van der Waals surface area contributed by atoms with Crippen molar-refractivity contribution in [1.82, 2.24) is 9.55 Å². The number of benzene rings is 1. The number of thiol groups is 1. The fourth-order valence-corrected chi connectivity index (χ4v) is 4.81. The van der Waals surface area contributed by atoms with Crippen molar-refractivity contribution in [2.45, 2.75) is 41.5 Å². The van der Waals surface area contributed by atoms with Crippen molar-refractivity contribution in [2.75, 3.05) is 6.26 Å². The summed E-state index contributed by atoms with van der Waals surface area (Å²) in [4.78, 5) is 16.5. The largest absolute Gasteiger partial charge is 0.481 e. The Kier molecular flexibility index (Phi) is 6.70. The lowest BCUT2D eigenvalue weighted by Crippen LogP contribution is -2.17. The Morgan fingerprint density at radius 3 is 2.59 bits per heavy atom. The Hall–Kier alpha value is -1.84. The van der Waals surface area contributed by atoms with Crippen LogP contribution in [0, 0.1) is 0 Å². The molecule has 1 atom stereocenters. The zero-order chi connectivity index (χ0) is 21.2. The van der Waals surface area contributed by atoms with Crippen LogP contribution >= 0.6 is 28.6 Å². The molecule has 1 unspecified atom stereocenters. The minimum Gasteiger partial charge on any atom is -0.481 e. The molecule has 4 rings (SSSR count). The highest BCUT2D eigenvalue weighted by molar-refractivity contribution is 9.10. The molecular weight excluding hydrogens is 476 g/mol. The van der Waals surface area contributed by atoms with Gasteiger partial charge in [0.25, 0.3) is 0 Å². The topological polar surface area (TPSA) is 89.3 Å². The number of halogens is 1. The summed E-state index contributed by atoms with van der Waals surface area (Å²) in [5.74, 6) is -0.923. The SMILES string of the molecule is CS(=O)(=O)c1ccnc2c1cc1n2CCCC1CC(=O)O.Sc1ccc(Br)cc1. The number of pyridine rings is 1. The number of sulfone groups is 1. The molecular formula is C20H21BrN2O4S2. The summed E-state index contributed by atoms with van der Waals surface area (Å²) in [5.41, 5.74) is 1.50. The van der Waals surface area contributed by atoms with Gasteiger partial charge in [0, 0.05) is 45.4 Å². The number of fused-ring (bicyclic) bond motifs is 3. The lowest BCUT2D eigenvalue weighted by Gasteiger charge is -2.23. The quantitative estimate of drug-likeness (QED) is 0.519. The lowest BCUT2D eigenvalue weighted by molar-refractivity contribution is -0.137. The van der Waals surface area contributed by atoms with E-state index in [4.69, 9.17) is 5.11 Å². The molecule has 6 nitrogen and oxygen atoms in total. The molecule has 0 aliphatic carbocycles. The second kappa shape index (κ2) is 8.89. The number of carbonyl (C=O) groups is 1. The van der Waals surface area contributed by atoms with Crippen LogP contribution in [0.3, 0.4) is 0 Å². The summed E-state index contributed by atoms with van der Waals surface area (Å²) in [6.07, 6.45) is 4.40. The maximum absolute atomic E-state index is 11.9. The van der Waals surface area contributed by atoms with Crippen LogP contribution in [0.5, 0.6) is 0 Å². The predicted molar refractivity (Wildman–Crippen MR) is 118 cm³/mol. The molecule has 154 valence electrons. The first kappa shape index (κ1) is 21.9. The number of aromatic nitrogens is 2. The molecule has 0 radical (unpaired) electrons. The minimum absolute atomic E-state index is 0.0600. The summed E-state index contributed by atoms with van der Waals surface area (Å²) in [6.45, 7) is 0.745. The predicted octanol–water partition coefficient (Wildman–Crippen LogP) is 4.53. The Balaban J connectivity index is 0.000000252. The van der Waals surface area contributed by atoms with Crippen LogP contribution in [0.4, 0.5) is 0 Å². The monoisotopic (exact) mass is 496 g/mol. The van der Waals surface area contributed by atoms with Gasteiger partial charge in [-0.25, -0.2) is 13.4 Å². The van der Waals surface area contributed by atoms with Crippen molar-refractivity contribution < 1.29 is 18.3 Å². The van der Waals surface area contributed by atoms with Gasteiger partial charge >= 0.3 is 5.97 Å². The Morgan fingerprint density at radius 1 is 1.31 bits per heavy atom. The zero-order valence-corrected chi connectivity index (χ0v) is 19.0. The number of carboxylic acid groups (broad SMARTS) is 1. The third kappa shape index (κ3) is 5.21. The van der Waals surface area contributed by atoms with Crippen LogP contribution in [0.15, 0.2) is 56.9 Å². The van der Waals surface area contributed by atoms with E-state index in [-0.39, 0.29) is 17.2 Å². The van der Waals surface area contributed by atoms with E-state index < -0.39 is 15.8 Å². The summed E-state index contributed by atoms with van der Waals surface area (Å²) in [7, 11) is -3.34. The van der Waals surface area contributed by atoms with Gasteiger partial charge in [0.2, 0.25) is 0 Å². The number of hydrogen-bond donors (Lipinski definition) is 2. The van der Waals surface area contributed by atoms with E-state index in [1.165, 1.54) is 18.5 Å².